The van der Waals surface area contributed by atoms with Crippen LogP contribution in [0.15, 0.2) is 34.7 Å². The predicted molar refractivity (Wildman–Crippen MR) is 109 cm³/mol. The molecule has 0 spiro atoms. The van der Waals surface area contributed by atoms with Crippen LogP contribution in [0.1, 0.15) is 13.3 Å². The third-order valence-electron chi connectivity index (χ3n) is 3.52. The van der Waals surface area contributed by atoms with Crippen molar-refractivity contribution in [1.82, 2.24) is 10.2 Å². The van der Waals surface area contributed by atoms with E-state index in [1.54, 1.807) is 37.3 Å². The first-order chi connectivity index (χ1) is 13.3. The van der Waals surface area contributed by atoms with Crippen LogP contribution in [-0.4, -0.2) is 55.7 Å². The summed E-state index contributed by atoms with van der Waals surface area (Å²) in [4.78, 5) is 24.0. The number of benzene rings is 1. The second-order valence-corrected chi connectivity index (χ2v) is 9.61. The van der Waals surface area contributed by atoms with E-state index in [-0.39, 0.29) is 17.3 Å². The van der Waals surface area contributed by atoms with Crippen molar-refractivity contribution >= 4 is 55.8 Å². The van der Waals surface area contributed by atoms with Crippen LogP contribution >= 0.6 is 23.1 Å². The maximum Gasteiger partial charge on any atom is 0.316 e. The average Bonchev–Trinajstić information content (AvgIpc) is 3.10. The second kappa shape index (κ2) is 9.85. The zero-order valence-corrected chi connectivity index (χ0v) is 17.9. The molecule has 0 aliphatic rings. The highest BCUT2D eigenvalue weighted by atomic mass is 32.2. The molecular weight excluding hydrogens is 424 g/mol. The largest absolute Gasteiger partial charge is 0.468 e. The standard InChI is InChI=1S/C16H20N4O5S3/c1-4-12(20(28(3,23)24)11-8-6-5-7-9-11)14(22)17-15-18-19-16(27-15)26-10-13(21)25-2/h5-9,12H,4,10H2,1-3H3,(H,17,18,22)/t12-/m1/s1. The minimum Gasteiger partial charge on any atom is -0.468 e. The van der Waals surface area contributed by atoms with Gasteiger partial charge >= 0.3 is 5.97 Å². The lowest BCUT2D eigenvalue weighted by Crippen LogP contribution is -2.46. The van der Waals surface area contributed by atoms with Gasteiger partial charge in [0.1, 0.15) is 6.04 Å². The number of aromatic nitrogens is 2. The molecule has 0 fully saturated rings. The summed E-state index contributed by atoms with van der Waals surface area (Å²) in [6.07, 6.45) is 1.32. The molecule has 1 atom stereocenters. The van der Waals surface area contributed by atoms with Crippen LogP contribution in [0.3, 0.4) is 0 Å². The summed E-state index contributed by atoms with van der Waals surface area (Å²) in [5, 5.41) is 10.6. The number of carbonyl (C=O) groups is 2. The molecule has 2 aromatic rings. The summed E-state index contributed by atoms with van der Waals surface area (Å²) in [5.41, 5.74) is 0.401. The van der Waals surface area contributed by atoms with Crippen molar-refractivity contribution < 1.29 is 22.7 Å². The molecule has 0 saturated carbocycles. The normalized spacial score (nSPS) is 12.2. The monoisotopic (exact) mass is 444 g/mol. The summed E-state index contributed by atoms with van der Waals surface area (Å²) < 4.78 is 30.8. The number of hydrogen-bond acceptors (Lipinski definition) is 9. The lowest BCUT2D eigenvalue weighted by Gasteiger charge is -2.29. The number of hydrogen-bond donors (Lipinski definition) is 1. The molecule has 0 bridgehead atoms. The Kier molecular flexibility index (Phi) is 7.78. The van der Waals surface area contributed by atoms with Gasteiger partial charge < -0.3 is 4.74 Å². The third-order valence-corrected chi connectivity index (χ3v) is 6.64. The van der Waals surface area contributed by atoms with E-state index in [0.717, 1.165) is 33.7 Å². The van der Waals surface area contributed by atoms with Crippen LogP contribution in [0.4, 0.5) is 10.8 Å². The molecule has 1 amide bonds. The lowest BCUT2D eigenvalue weighted by atomic mass is 10.2. The van der Waals surface area contributed by atoms with E-state index in [9.17, 15) is 18.0 Å². The van der Waals surface area contributed by atoms with Crippen molar-refractivity contribution in [2.24, 2.45) is 0 Å². The van der Waals surface area contributed by atoms with Crippen LogP contribution < -0.4 is 9.62 Å². The highest BCUT2D eigenvalue weighted by Crippen LogP contribution is 2.27. The van der Waals surface area contributed by atoms with Gasteiger partial charge in [-0.15, -0.1) is 10.2 Å². The summed E-state index contributed by atoms with van der Waals surface area (Å²) in [6, 6.07) is 7.47. The number of carbonyl (C=O) groups excluding carboxylic acids is 2. The molecule has 1 heterocycles. The third kappa shape index (κ3) is 5.91. The highest BCUT2D eigenvalue weighted by Gasteiger charge is 2.32. The molecule has 0 aliphatic heterocycles. The number of thioether (sulfide) groups is 1. The summed E-state index contributed by atoms with van der Waals surface area (Å²) in [6.45, 7) is 1.73. The van der Waals surface area contributed by atoms with Crippen molar-refractivity contribution in [1.29, 1.82) is 0 Å². The minimum absolute atomic E-state index is 0.0759. The molecule has 0 unspecified atom stereocenters. The fourth-order valence-corrected chi connectivity index (χ4v) is 5.12. The summed E-state index contributed by atoms with van der Waals surface area (Å²) in [7, 11) is -2.41. The first-order valence-corrected chi connectivity index (χ1v) is 11.8. The van der Waals surface area contributed by atoms with Gasteiger partial charge in [0.2, 0.25) is 21.1 Å². The maximum absolute atomic E-state index is 12.8. The zero-order chi connectivity index (χ0) is 20.7. The number of sulfonamides is 1. The lowest BCUT2D eigenvalue weighted by molar-refractivity contribution is -0.137. The molecule has 0 saturated heterocycles. The van der Waals surface area contributed by atoms with Crippen molar-refractivity contribution in [2.45, 2.75) is 23.7 Å². The first kappa shape index (κ1) is 22.1. The molecular formula is C16H20N4O5S3. The molecule has 12 heteroatoms. The Balaban J connectivity index is 2.16. The number of methoxy groups -OCH3 is 1. The molecule has 152 valence electrons. The number of ether oxygens (including phenoxy) is 1. The fraction of sp³-hybridized carbons (Fsp3) is 0.375. The van der Waals surface area contributed by atoms with Crippen molar-refractivity contribution in [2.75, 3.05) is 28.7 Å². The van der Waals surface area contributed by atoms with Crippen molar-refractivity contribution in [3.8, 4) is 0 Å². The molecule has 1 aromatic heterocycles. The number of amides is 1. The van der Waals surface area contributed by atoms with E-state index in [1.807, 2.05) is 0 Å². The topological polar surface area (TPSA) is 119 Å². The van der Waals surface area contributed by atoms with Crippen LogP contribution in [-0.2, 0) is 24.3 Å². The van der Waals surface area contributed by atoms with Gasteiger partial charge in [0.05, 0.1) is 24.8 Å². The summed E-state index contributed by atoms with van der Waals surface area (Å²) in [5.74, 6) is -0.840. The smallest absolute Gasteiger partial charge is 0.316 e. The van der Waals surface area contributed by atoms with Gasteiger partial charge in [-0.2, -0.15) is 0 Å². The molecule has 0 aliphatic carbocycles. The van der Waals surface area contributed by atoms with E-state index in [4.69, 9.17) is 0 Å². The Morgan fingerprint density at radius 2 is 1.96 bits per heavy atom. The van der Waals surface area contributed by atoms with Crippen LogP contribution in [0.2, 0.25) is 0 Å². The molecule has 1 N–H and O–H groups in total. The van der Waals surface area contributed by atoms with Gasteiger partial charge in [0.15, 0.2) is 4.34 Å². The Hall–Kier alpha value is -2.18. The number of nitrogens with zero attached hydrogens (tertiary/aromatic N) is 3. The van der Waals surface area contributed by atoms with Gasteiger partial charge in [0.25, 0.3) is 0 Å². The summed E-state index contributed by atoms with van der Waals surface area (Å²) >= 11 is 2.23. The van der Waals surface area contributed by atoms with E-state index < -0.39 is 27.9 Å². The molecule has 0 radical (unpaired) electrons. The Morgan fingerprint density at radius 1 is 1.29 bits per heavy atom. The quantitative estimate of drug-likeness (QED) is 0.354. The van der Waals surface area contributed by atoms with Crippen molar-refractivity contribution in [3.63, 3.8) is 0 Å². The second-order valence-electron chi connectivity index (χ2n) is 5.55. The Labute approximate surface area is 171 Å². The van der Waals surface area contributed by atoms with E-state index in [0.29, 0.717) is 10.0 Å². The van der Waals surface area contributed by atoms with Gasteiger partial charge in [-0.1, -0.05) is 48.2 Å². The first-order valence-electron chi connectivity index (χ1n) is 8.14. The number of nitrogens with one attached hydrogen (secondary N) is 1. The minimum atomic E-state index is -3.70. The predicted octanol–water partition coefficient (Wildman–Crippen LogP) is 1.99. The molecule has 9 nitrogen and oxygen atoms in total. The number of anilines is 2. The highest BCUT2D eigenvalue weighted by molar-refractivity contribution is 8.01. The average molecular weight is 445 g/mol. The number of esters is 1. The van der Waals surface area contributed by atoms with E-state index in [2.05, 4.69) is 20.3 Å². The molecule has 1 aromatic carbocycles. The van der Waals surface area contributed by atoms with Crippen LogP contribution in [0.5, 0.6) is 0 Å². The Bertz CT molecular complexity index is 917. The van der Waals surface area contributed by atoms with Gasteiger partial charge in [0, 0.05) is 0 Å². The molecule has 2 rings (SSSR count). The number of para-hydroxylation sites is 1. The van der Waals surface area contributed by atoms with E-state index >= 15 is 0 Å². The van der Waals surface area contributed by atoms with Gasteiger partial charge in [-0.3, -0.25) is 19.2 Å². The number of rotatable bonds is 9. The van der Waals surface area contributed by atoms with Crippen LogP contribution in [0.25, 0.3) is 0 Å². The maximum atomic E-state index is 12.8. The Morgan fingerprint density at radius 3 is 2.54 bits per heavy atom. The van der Waals surface area contributed by atoms with Gasteiger partial charge in [-0.25, -0.2) is 8.42 Å². The van der Waals surface area contributed by atoms with E-state index in [1.165, 1.54) is 7.11 Å². The van der Waals surface area contributed by atoms with Crippen molar-refractivity contribution in [3.05, 3.63) is 30.3 Å². The fourth-order valence-electron chi connectivity index (χ4n) is 2.32. The van der Waals surface area contributed by atoms with Crippen LogP contribution in [0, 0.1) is 0 Å². The molecule has 28 heavy (non-hydrogen) atoms. The van der Waals surface area contributed by atoms with Gasteiger partial charge in [-0.05, 0) is 18.6 Å². The SMILES string of the molecule is CC[C@H](C(=O)Nc1nnc(SCC(=O)OC)s1)N(c1ccccc1)S(C)(=O)=O. The zero-order valence-electron chi connectivity index (χ0n) is 15.5.